The molecular weight excluding hydrogens is 306 g/mol. The third-order valence-electron chi connectivity index (χ3n) is 3.73. The molecule has 3 aromatic heterocycles. The maximum Gasteiger partial charge on any atom is 0.261 e. The summed E-state index contributed by atoms with van der Waals surface area (Å²) in [6, 6.07) is 15.9. The number of pyridine rings is 1. The summed E-state index contributed by atoms with van der Waals surface area (Å²) in [6.45, 7) is 0.580. The zero-order valence-electron chi connectivity index (χ0n) is 12.4. The van der Waals surface area contributed by atoms with Gasteiger partial charge in [0.25, 0.3) is 5.91 Å². The van der Waals surface area contributed by atoms with Gasteiger partial charge in [0.05, 0.1) is 10.6 Å². The molecular formula is C18H15N3OS. The lowest BCUT2D eigenvalue weighted by Crippen LogP contribution is -2.24. The molecule has 0 bridgehead atoms. The normalized spacial score (nSPS) is 11.1. The Hall–Kier alpha value is -2.66. The summed E-state index contributed by atoms with van der Waals surface area (Å²) < 4.78 is 3.13. The van der Waals surface area contributed by atoms with Gasteiger partial charge in [0.1, 0.15) is 5.65 Å². The van der Waals surface area contributed by atoms with Crippen molar-refractivity contribution in [3.8, 4) is 0 Å². The average Bonchev–Trinajstić information content (AvgIpc) is 3.18. The zero-order chi connectivity index (χ0) is 15.6. The molecule has 0 aliphatic heterocycles. The maximum absolute atomic E-state index is 12.3. The number of hydrogen-bond acceptors (Lipinski definition) is 3. The molecule has 4 rings (SSSR count). The number of benzene rings is 1. The molecule has 23 heavy (non-hydrogen) atoms. The lowest BCUT2D eigenvalue weighted by Gasteiger charge is -2.01. The largest absolute Gasteiger partial charge is 0.351 e. The number of fused-ring (bicyclic) bond motifs is 2. The number of hydrogen-bond donors (Lipinski definition) is 1. The first-order valence-corrected chi connectivity index (χ1v) is 8.31. The van der Waals surface area contributed by atoms with E-state index in [1.807, 2.05) is 65.3 Å². The highest BCUT2D eigenvalue weighted by Crippen LogP contribution is 2.24. The van der Waals surface area contributed by atoms with Gasteiger partial charge < -0.3 is 9.72 Å². The van der Waals surface area contributed by atoms with Gasteiger partial charge in [-0.25, -0.2) is 4.98 Å². The number of carbonyl (C=O) groups is 1. The van der Waals surface area contributed by atoms with Crippen molar-refractivity contribution in [2.24, 2.45) is 0 Å². The minimum Gasteiger partial charge on any atom is -0.351 e. The van der Waals surface area contributed by atoms with Crippen molar-refractivity contribution >= 4 is 33.0 Å². The van der Waals surface area contributed by atoms with Crippen LogP contribution in [-0.4, -0.2) is 21.8 Å². The molecule has 0 aliphatic rings. The fourth-order valence-corrected chi connectivity index (χ4v) is 3.57. The second-order valence-electron chi connectivity index (χ2n) is 5.35. The quantitative estimate of drug-likeness (QED) is 0.625. The number of imidazole rings is 1. The molecule has 0 radical (unpaired) electrons. The SMILES string of the molecule is O=C(NCCc1cn2ccccc2n1)c1cc2ccccc2s1. The Morgan fingerprint density at radius 2 is 2.04 bits per heavy atom. The fourth-order valence-electron chi connectivity index (χ4n) is 2.59. The molecule has 5 heteroatoms. The van der Waals surface area contributed by atoms with Crippen molar-refractivity contribution in [1.29, 1.82) is 0 Å². The molecule has 0 atom stereocenters. The van der Waals surface area contributed by atoms with Crippen LogP contribution in [0.15, 0.2) is 60.9 Å². The Labute approximate surface area is 137 Å². The van der Waals surface area contributed by atoms with Crippen LogP contribution in [-0.2, 0) is 6.42 Å². The third-order valence-corrected chi connectivity index (χ3v) is 4.84. The van der Waals surface area contributed by atoms with Crippen LogP contribution in [0.2, 0.25) is 0 Å². The van der Waals surface area contributed by atoms with E-state index in [0.29, 0.717) is 6.54 Å². The highest BCUT2D eigenvalue weighted by atomic mass is 32.1. The van der Waals surface area contributed by atoms with E-state index in [2.05, 4.69) is 10.3 Å². The topological polar surface area (TPSA) is 46.4 Å². The Kier molecular flexibility index (Phi) is 3.55. The van der Waals surface area contributed by atoms with Gasteiger partial charge in [-0.3, -0.25) is 4.79 Å². The van der Waals surface area contributed by atoms with Gasteiger partial charge in [-0.05, 0) is 29.7 Å². The minimum atomic E-state index is -0.0186. The van der Waals surface area contributed by atoms with Gasteiger partial charge in [0.2, 0.25) is 0 Å². The van der Waals surface area contributed by atoms with Crippen molar-refractivity contribution in [2.75, 3.05) is 6.54 Å². The van der Waals surface area contributed by atoms with Crippen LogP contribution >= 0.6 is 11.3 Å². The molecule has 3 heterocycles. The molecule has 1 amide bonds. The lowest BCUT2D eigenvalue weighted by atomic mass is 10.2. The molecule has 0 spiro atoms. The first-order valence-electron chi connectivity index (χ1n) is 7.49. The summed E-state index contributed by atoms with van der Waals surface area (Å²) in [5.41, 5.74) is 1.91. The second-order valence-corrected chi connectivity index (χ2v) is 6.44. The summed E-state index contributed by atoms with van der Waals surface area (Å²) >= 11 is 1.52. The zero-order valence-corrected chi connectivity index (χ0v) is 13.2. The first kappa shape index (κ1) is 14.0. The monoisotopic (exact) mass is 321 g/mol. The number of thiophene rings is 1. The van der Waals surface area contributed by atoms with Crippen LogP contribution in [0, 0.1) is 0 Å². The number of rotatable bonds is 4. The van der Waals surface area contributed by atoms with E-state index in [-0.39, 0.29) is 5.91 Å². The van der Waals surface area contributed by atoms with Crippen LogP contribution in [0.25, 0.3) is 15.7 Å². The van der Waals surface area contributed by atoms with E-state index in [1.54, 1.807) is 0 Å². The third kappa shape index (κ3) is 2.83. The molecule has 0 aliphatic carbocycles. The number of aromatic nitrogens is 2. The summed E-state index contributed by atoms with van der Waals surface area (Å²) in [7, 11) is 0. The van der Waals surface area contributed by atoms with Crippen LogP contribution in [0.1, 0.15) is 15.4 Å². The van der Waals surface area contributed by atoms with Crippen LogP contribution in [0.4, 0.5) is 0 Å². The predicted octanol–water partition coefficient (Wildman–Crippen LogP) is 3.52. The van der Waals surface area contributed by atoms with Crippen LogP contribution in [0.5, 0.6) is 0 Å². The van der Waals surface area contributed by atoms with Crippen molar-refractivity contribution in [2.45, 2.75) is 6.42 Å². The van der Waals surface area contributed by atoms with E-state index >= 15 is 0 Å². The highest BCUT2D eigenvalue weighted by molar-refractivity contribution is 7.20. The molecule has 4 nitrogen and oxygen atoms in total. The molecule has 4 aromatic rings. The fraction of sp³-hybridized carbons (Fsp3) is 0.111. The van der Waals surface area contributed by atoms with E-state index in [9.17, 15) is 4.79 Å². The summed E-state index contributed by atoms with van der Waals surface area (Å²) in [4.78, 5) is 17.5. The number of amides is 1. The molecule has 0 saturated carbocycles. The van der Waals surface area contributed by atoms with Crippen molar-refractivity contribution in [3.63, 3.8) is 0 Å². The van der Waals surface area contributed by atoms with E-state index in [0.717, 1.165) is 32.7 Å². The Morgan fingerprint density at radius 1 is 1.17 bits per heavy atom. The molecule has 1 N–H and O–H groups in total. The van der Waals surface area contributed by atoms with E-state index in [1.165, 1.54) is 11.3 Å². The van der Waals surface area contributed by atoms with Crippen molar-refractivity contribution < 1.29 is 4.79 Å². The van der Waals surface area contributed by atoms with Crippen molar-refractivity contribution in [1.82, 2.24) is 14.7 Å². The smallest absolute Gasteiger partial charge is 0.261 e. The molecule has 0 saturated heterocycles. The highest BCUT2D eigenvalue weighted by Gasteiger charge is 2.10. The van der Waals surface area contributed by atoms with Crippen LogP contribution in [0.3, 0.4) is 0 Å². The molecule has 1 aromatic carbocycles. The number of nitrogens with zero attached hydrogens (tertiary/aromatic N) is 2. The van der Waals surface area contributed by atoms with E-state index < -0.39 is 0 Å². The summed E-state index contributed by atoms with van der Waals surface area (Å²) in [6.07, 6.45) is 4.70. The van der Waals surface area contributed by atoms with Gasteiger partial charge in [-0.2, -0.15) is 0 Å². The van der Waals surface area contributed by atoms with Crippen LogP contribution < -0.4 is 5.32 Å². The number of nitrogens with one attached hydrogen (secondary N) is 1. The predicted molar refractivity (Wildman–Crippen MR) is 93.1 cm³/mol. The van der Waals surface area contributed by atoms with E-state index in [4.69, 9.17) is 0 Å². The first-order chi connectivity index (χ1) is 11.3. The Morgan fingerprint density at radius 3 is 2.91 bits per heavy atom. The van der Waals surface area contributed by atoms with Gasteiger partial charge in [0, 0.05) is 30.1 Å². The lowest BCUT2D eigenvalue weighted by molar-refractivity contribution is 0.0958. The summed E-state index contributed by atoms with van der Waals surface area (Å²) in [5.74, 6) is -0.0186. The Bertz CT molecular complexity index is 920. The maximum atomic E-state index is 12.3. The van der Waals surface area contributed by atoms with Gasteiger partial charge >= 0.3 is 0 Å². The van der Waals surface area contributed by atoms with Gasteiger partial charge in [-0.1, -0.05) is 24.3 Å². The second kappa shape index (κ2) is 5.85. The van der Waals surface area contributed by atoms with Gasteiger partial charge in [0.15, 0.2) is 0 Å². The average molecular weight is 321 g/mol. The molecule has 0 unspecified atom stereocenters. The Balaban J connectivity index is 1.41. The molecule has 114 valence electrons. The van der Waals surface area contributed by atoms with Gasteiger partial charge in [-0.15, -0.1) is 11.3 Å². The summed E-state index contributed by atoms with van der Waals surface area (Å²) in [5, 5.41) is 4.09. The minimum absolute atomic E-state index is 0.0186. The standard InChI is InChI=1S/C18H15N3OS/c22-18(16-11-13-5-1-2-6-15(13)23-16)19-9-8-14-12-21-10-4-3-7-17(21)20-14/h1-7,10-12H,8-9H2,(H,19,22). The molecule has 0 fully saturated rings. The van der Waals surface area contributed by atoms with Crippen molar-refractivity contribution in [3.05, 3.63) is 71.5 Å². The number of carbonyl (C=O) groups excluding carboxylic acids is 1.